The summed E-state index contributed by atoms with van der Waals surface area (Å²) in [6.07, 6.45) is 1.22. The molecule has 66 valence electrons. The fourth-order valence-electron chi connectivity index (χ4n) is 0.905. The van der Waals surface area contributed by atoms with Gasteiger partial charge in [-0.25, -0.2) is 4.79 Å². The summed E-state index contributed by atoms with van der Waals surface area (Å²) in [7, 11) is 0. The van der Waals surface area contributed by atoms with Gasteiger partial charge in [0.05, 0.1) is 5.56 Å². The van der Waals surface area contributed by atoms with Gasteiger partial charge in [-0.2, -0.15) is 0 Å². The van der Waals surface area contributed by atoms with Gasteiger partial charge in [-0.05, 0) is 35.0 Å². The van der Waals surface area contributed by atoms with E-state index in [1.54, 1.807) is 12.1 Å². The highest BCUT2D eigenvalue weighted by Crippen LogP contribution is 2.18. The van der Waals surface area contributed by atoms with Crippen LogP contribution in [0.5, 0.6) is 0 Å². The molecule has 0 aromatic heterocycles. The molecule has 13 heavy (non-hydrogen) atoms. The van der Waals surface area contributed by atoms with Crippen LogP contribution in [0.4, 0.5) is 0 Å². The molecule has 0 heterocycles. The van der Waals surface area contributed by atoms with E-state index in [0.29, 0.717) is 10.0 Å². The van der Waals surface area contributed by atoms with Crippen molar-refractivity contribution in [2.75, 3.05) is 0 Å². The third kappa shape index (κ3) is 2.34. The van der Waals surface area contributed by atoms with E-state index in [1.165, 1.54) is 6.08 Å². The lowest BCUT2D eigenvalue weighted by molar-refractivity contribution is 0.100. The minimum atomic E-state index is -0.578. The molecule has 0 aliphatic rings. The van der Waals surface area contributed by atoms with E-state index in [4.69, 9.17) is 0 Å². The zero-order valence-corrected chi connectivity index (χ0v) is 8.46. The van der Waals surface area contributed by atoms with Crippen LogP contribution in [0.15, 0.2) is 27.7 Å². The number of benzene rings is 1. The maximum Gasteiger partial charge on any atom is 0.288 e. The van der Waals surface area contributed by atoms with Gasteiger partial charge in [0.15, 0.2) is 0 Å². The van der Waals surface area contributed by atoms with Gasteiger partial charge in [-0.15, -0.1) is 4.99 Å². The molecule has 0 bridgehead atoms. The molecule has 0 unspecified atom stereocenters. The lowest BCUT2D eigenvalue weighted by Gasteiger charge is -1.99. The predicted octanol–water partition coefficient (Wildman–Crippen LogP) is 2.23. The van der Waals surface area contributed by atoms with Crippen molar-refractivity contribution in [2.24, 2.45) is 4.99 Å². The van der Waals surface area contributed by atoms with Crippen molar-refractivity contribution in [1.82, 2.24) is 0 Å². The Balaban J connectivity index is 3.20. The van der Waals surface area contributed by atoms with Crippen molar-refractivity contribution in [3.8, 4) is 0 Å². The van der Waals surface area contributed by atoms with E-state index in [-0.39, 0.29) is 0 Å². The molecule has 1 amide bonds. The van der Waals surface area contributed by atoms with Crippen LogP contribution in [0.1, 0.15) is 15.9 Å². The number of halogens is 1. The molecule has 1 aromatic rings. The van der Waals surface area contributed by atoms with Crippen LogP contribution in [-0.4, -0.2) is 12.0 Å². The highest BCUT2D eigenvalue weighted by molar-refractivity contribution is 9.10. The van der Waals surface area contributed by atoms with Crippen LogP contribution in [0.3, 0.4) is 0 Å². The number of hydrogen-bond acceptors (Lipinski definition) is 2. The summed E-state index contributed by atoms with van der Waals surface area (Å²) in [4.78, 5) is 24.0. The Hall–Kier alpha value is -1.25. The van der Waals surface area contributed by atoms with E-state index in [0.717, 1.165) is 5.56 Å². The van der Waals surface area contributed by atoms with Gasteiger partial charge in [-0.1, -0.05) is 11.6 Å². The third-order valence-corrected chi connectivity index (χ3v) is 2.19. The lowest BCUT2D eigenvalue weighted by Crippen LogP contribution is -1.96. The highest BCUT2D eigenvalue weighted by atomic mass is 79.9. The molecule has 0 N–H and O–H groups in total. The quantitative estimate of drug-likeness (QED) is 0.558. The topological polar surface area (TPSA) is 46.5 Å². The monoisotopic (exact) mass is 239 g/mol. The first-order valence-corrected chi connectivity index (χ1v) is 4.33. The summed E-state index contributed by atoms with van der Waals surface area (Å²) in [5.41, 5.74) is 1.32. The first kappa shape index (κ1) is 9.84. The zero-order valence-electron chi connectivity index (χ0n) is 6.87. The van der Waals surface area contributed by atoms with Crippen LogP contribution < -0.4 is 0 Å². The number of aliphatic imine (C=N–C) groups is 1. The Bertz CT molecular complexity index is 395. The molecule has 1 rings (SSSR count). The van der Waals surface area contributed by atoms with Gasteiger partial charge in [0.1, 0.15) is 0 Å². The first-order valence-electron chi connectivity index (χ1n) is 3.53. The summed E-state index contributed by atoms with van der Waals surface area (Å²) in [5, 5.41) is 0. The molecule has 0 atom stereocenters. The molecule has 0 saturated heterocycles. The molecule has 4 heteroatoms. The Labute approximate surface area is 83.6 Å². The van der Waals surface area contributed by atoms with Crippen molar-refractivity contribution < 1.29 is 9.59 Å². The van der Waals surface area contributed by atoms with Crippen LogP contribution in [0.25, 0.3) is 0 Å². The normalized spacial score (nSPS) is 9.08. The van der Waals surface area contributed by atoms with Crippen molar-refractivity contribution in [3.63, 3.8) is 0 Å². The smallest absolute Gasteiger partial charge is 0.266 e. The average Bonchev–Trinajstić information content (AvgIpc) is 2.09. The van der Waals surface area contributed by atoms with Gasteiger partial charge in [-0.3, -0.25) is 4.79 Å². The number of isocyanates is 1. The van der Waals surface area contributed by atoms with E-state index in [9.17, 15) is 9.59 Å². The summed E-state index contributed by atoms with van der Waals surface area (Å²) >= 11 is 3.19. The largest absolute Gasteiger partial charge is 0.288 e. The van der Waals surface area contributed by atoms with Gasteiger partial charge in [0.25, 0.3) is 5.91 Å². The second-order valence-electron chi connectivity index (χ2n) is 2.49. The molecular weight excluding hydrogens is 234 g/mol. The van der Waals surface area contributed by atoms with Crippen LogP contribution >= 0.6 is 15.9 Å². The molecular formula is C9H6BrNO2. The summed E-state index contributed by atoms with van der Waals surface area (Å²) in [6.45, 7) is 1.86. The predicted molar refractivity (Wildman–Crippen MR) is 51.3 cm³/mol. The van der Waals surface area contributed by atoms with E-state index < -0.39 is 5.91 Å². The number of nitrogens with zero attached hydrogens (tertiary/aromatic N) is 1. The fraction of sp³-hybridized carbons (Fsp3) is 0.111. The Morgan fingerprint density at radius 2 is 2.23 bits per heavy atom. The standard InChI is InChI=1S/C9H6BrNO2/c1-6-2-3-8(10)7(4-6)9(13)11-5-12/h2-4H,1H3. The van der Waals surface area contributed by atoms with Gasteiger partial charge in [0, 0.05) is 4.47 Å². The number of carbonyl (C=O) groups is 1. The highest BCUT2D eigenvalue weighted by Gasteiger charge is 2.08. The summed E-state index contributed by atoms with van der Waals surface area (Å²) in [5.74, 6) is -0.578. The van der Waals surface area contributed by atoms with Crippen molar-refractivity contribution in [2.45, 2.75) is 6.92 Å². The maximum atomic E-state index is 11.2. The van der Waals surface area contributed by atoms with E-state index in [2.05, 4.69) is 20.9 Å². The lowest BCUT2D eigenvalue weighted by atomic mass is 10.1. The number of rotatable bonds is 1. The first-order chi connectivity index (χ1) is 6.15. The van der Waals surface area contributed by atoms with E-state index >= 15 is 0 Å². The Morgan fingerprint density at radius 1 is 1.54 bits per heavy atom. The number of carbonyl (C=O) groups excluding carboxylic acids is 2. The fourth-order valence-corrected chi connectivity index (χ4v) is 1.32. The molecule has 1 aromatic carbocycles. The number of hydrogen-bond donors (Lipinski definition) is 0. The van der Waals surface area contributed by atoms with Gasteiger partial charge in [0.2, 0.25) is 6.08 Å². The van der Waals surface area contributed by atoms with Crippen molar-refractivity contribution in [3.05, 3.63) is 33.8 Å². The SMILES string of the molecule is Cc1ccc(Br)c(C(=O)N=C=O)c1. The molecule has 0 aliphatic heterocycles. The molecule has 3 nitrogen and oxygen atoms in total. The van der Waals surface area contributed by atoms with Gasteiger partial charge < -0.3 is 0 Å². The van der Waals surface area contributed by atoms with Gasteiger partial charge >= 0.3 is 0 Å². The summed E-state index contributed by atoms with van der Waals surface area (Å²) in [6, 6.07) is 5.25. The van der Waals surface area contributed by atoms with Crippen LogP contribution in [0.2, 0.25) is 0 Å². The average molecular weight is 240 g/mol. The molecule has 0 radical (unpaired) electrons. The molecule has 0 spiro atoms. The Kier molecular flexibility index (Phi) is 3.12. The number of amides is 1. The molecule has 0 fully saturated rings. The molecule has 0 saturated carbocycles. The van der Waals surface area contributed by atoms with Crippen molar-refractivity contribution in [1.29, 1.82) is 0 Å². The zero-order chi connectivity index (χ0) is 9.84. The van der Waals surface area contributed by atoms with E-state index in [1.807, 2.05) is 13.0 Å². The minimum Gasteiger partial charge on any atom is -0.266 e. The molecule has 0 aliphatic carbocycles. The maximum absolute atomic E-state index is 11.2. The Morgan fingerprint density at radius 3 is 2.85 bits per heavy atom. The number of aryl methyl sites for hydroxylation is 1. The van der Waals surface area contributed by atoms with Crippen LogP contribution in [-0.2, 0) is 4.79 Å². The second-order valence-corrected chi connectivity index (χ2v) is 3.35. The minimum absolute atomic E-state index is 0.378. The summed E-state index contributed by atoms with van der Waals surface area (Å²) < 4.78 is 0.627. The van der Waals surface area contributed by atoms with Crippen molar-refractivity contribution >= 4 is 27.9 Å². The third-order valence-electron chi connectivity index (χ3n) is 1.50. The van der Waals surface area contributed by atoms with Crippen LogP contribution in [0, 0.1) is 6.92 Å². The second kappa shape index (κ2) is 4.12.